The van der Waals surface area contributed by atoms with Gasteiger partial charge in [0.1, 0.15) is 5.60 Å². The van der Waals surface area contributed by atoms with Crippen molar-refractivity contribution < 1.29 is 9.53 Å². The van der Waals surface area contributed by atoms with E-state index in [9.17, 15) is 4.79 Å². The van der Waals surface area contributed by atoms with E-state index in [1.807, 2.05) is 20.8 Å². The molecule has 1 aliphatic carbocycles. The van der Waals surface area contributed by atoms with Crippen LogP contribution in [0.3, 0.4) is 0 Å². The van der Waals surface area contributed by atoms with Crippen molar-refractivity contribution in [3.05, 3.63) is 34.9 Å². The SMILES string of the molecule is CC(C)(C)OC(=O)N[C@@H]1CCc2cc(CN3CCCCC3)ccc2C1. The van der Waals surface area contributed by atoms with Crippen LogP contribution in [0.15, 0.2) is 18.2 Å². The fourth-order valence-electron chi connectivity index (χ4n) is 3.88. The Morgan fingerprint density at radius 1 is 1.20 bits per heavy atom. The molecule has 0 radical (unpaired) electrons. The standard InChI is InChI=1S/C21H32N2O2/c1-21(2,3)25-20(24)22-19-10-9-17-13-16(7-8-18(17)14-19)15-23-11-5-4-6-12-23/h7-8,13,19H,4-6,9-12,14-15H2,1-3H3,(H,22,24)/t19-/m1/s1. The molecular formula is C21H32N2O2. The van der Waals surface area contributed by atoms with E-state index in [4.69, 9.17) is 4.74 Å². The second kappa shape index (κ2) is 7.77. The molecule has 138 valence electrons. The molecule has 0 saturated carbocycles. The zero-order chi connectivity index (χ0) is 17.9. The van der Waals surface area contributed by atoms with Gasteiger partial charge in [-0.2, -0.15) is 0 Å². The van der Waals surface area contributed by atoms with Crippen molar-refractivity contribution in [1.82, 2.24) is 10.2 Å². The van der Waals surface area contributed by atoms with Crippen molar-refractivity contribution in [1.29, 1.82) is 0 Å². The van der Waals surface area contributed by atoms with Gasteiger partial charge >= 0.3 is 6.09 Å². The summed E-state index contributed by atoms with van der Waals surface area (Å²) in [5, 5.41) is 3.03. The molecule has 3 rings (SSSR count). The first kappa shape index (κ1) is 18.2. The fraction of sp³-hybridized carbons (Fsp3) is 0.667. The number of aryl methyl sites for hydroxylation is 1. The molecule has 2 aliphatic rings. The van der Waals surface area contributed by atoms with Crippen molar-refractivity contribution in [2.24, 2.45) is 0 Å². The topological polar surface area (TPSA) is 41.6 Å². The summed E-state index contributed by atoms with van der Waals surface area (Å²) in [6, 6.07) is 7.09. The molecule has 4 nitrogen and oxygen atoms in total. The molecule has 0 spiro atoms. The van der Waals surface area contributed by atoms with Crippen LogP contribution in [-0.2, 0) is 24.1 Å². The van der Waals surface area contributed by atoms with Crippen molar-refractivity contribution in [2.45, 2.75) is 77.5 Å². The average molecular weight is 344 g/mol. The van der Waals surface area contributed by atoms with Crippen LogP contribution in [0.1, 0.15) is 63.1 Å². The van der Waals surface area contributed by atoms with Gasteiger partial charge in [0.2, 0.25) is 0 Å². The highest BCUT2D eigenvalue weighted by Gasteiger charge is 2.23. The van der Waals surface area contributed by atoms with Crippen LogP contribution in [0.5, 0.6) is 0 Å². The summed E-state index contributed by atoms with van der Waals surface area (Å²) in [5.74, 6) is 0. The quantitative estimate of drug-likeness (QED) is 0.899. The molecule has 1 aromatic rings. The number of nitrogens with one attached hydrogen (secondary N) is 1. The van der Waals surface area contributed by atoms with Gasteiger partial charge in [-0.3, -0.25) is 4.90 Å². The van der Waals surface area contributed by atoms with E-state index in [1.165, 1.54) is 49.0 Å². The van der Waals surface area contributed by atoms with Crippen LogP contribution in [0.4, 0.5) is 4.79 Å². The summed E-state index contributed by atoms with van der Waals surface area (Å²) >= 11 is 0. The number of carbonyl (C=O) groups is 1. The fourth-order valence-corrected chi connectivity index (χ4v) is 3.88. The smallest absolute Gasteiger partial charge is 0.407 e. The van der Waals surface area contributed by atoms with E-state index in [-0.39, 0.29) is 12.1 Å². The van der Waals surface area contributed by atoms with Crippen LogP contribution in [0.25, 0.3) is 0 Å². The molecular weight excluding hydrogens is 312 g/mol. The first-order valence-electron chi connectivity index (χ1n) is 9.71. The Morgan fingerprint density at radius 3 is 2.68 bits per heavy atom. The molecule has 0 bridgehead atoms. The maximum Gasteiger partial charge on any atom is 0.407 e. The highest BCUT2D eigenvalue weighted by Crippen LogP contribution is 2.24. The number of piperidine rings is 1. The predicted molar refractivity (Wildman–Crippen MR) is 101 cm³/mol. The number of likely N-dealkylation sites (tertiary alicyclic amines) is 1. The van der Waals surface area contributed by atoms with Crippen LogP contribution < -0.4 is 5.32 Å². The van der Waals surface area contributed by atoms with Gasteiger partial charge in [0.05, 0.1) is 0 Å². The Labute approximate surface area is 151 Å². The summed E-state index contributed by atoms with van der Waals surface area (Å²) in [6.07, 6.45) is 6.67. The highest BCUT2D eigenvalue weighted by atomic mass is 16.6. The largest absolute Gasteiger partial charge is 0.444 e. The first-order chi connectivity index (χ1) is 11.9. The number of rotatable bonds is 3. The van der Waals surface area contributed by atoms with Crippen LogP contribution in [0.2, 0.25) is 0 Å². The first-order valence-corrected chi connectivity index (χ1v) is 9.71. The van der Waals surface area contributed by atoms with E-state index < -0.39 is 5.60 Å². The molecule has 25 heavy (non-hydrogen) atoms. The van der Waals surface area contributed by atoms with Gasteiger partial charge in [0.15, 0.2) is 0 Å². The average Bonchev–Trinajstić information content (AvgIpc) is 2.54. The van der Waals surface area contributed by atoms with E-state index in [0.29, 0.717) is 0 Å². The molecule has 1 aliphatic heterocycles. The third-order valence-corrected chi connectivity index (χ3v) is 5.07. The van der Waals surface area contributed by atoms with E-state index in [1.54, 1.807) is 0 Å². The number of alkyl carbamates (subject to hydrolysis) is 1. The number of carbonyl (C=O) groups excluding carboxylic acids is 1. The maximum atomic E-state index is 12.0. The van der Waals surface area contributed by atoms with Gasteiger partial charge in [-0.1, -0.05) is 24.6 Å². The normalized spacial score (nSPS) is 21.5. The molecule has 1 atom stereocenters. The lowest BCUT2D eigenvalue weighted by molar-refractivity contribution is 0.0500. The van der Waals surface area contributed by atoms with Gasteiger partial charge in [-0.25, -0.2) is 4.79 Å². The third-order valence-electron chi connectivity index (χ3n) is 5.07. The van der Waals surface area contributed by atoms with Gasteiger partial charge in [0.25, 0.3) is 0 Å². The Hall–Kier alpha value is -1.55. The molecule has 1 fully saturated rings. The van der Waals surface area contributed by atoms with Gasteiger partial charge < -0.3 is 10.1 Å². The zero-order valence-electron chi connectivity index (χ0n) is 15.9. The Balaban J connectivity index is 1.56. The summed E-state index contributed by atoms with van der Waals surface area (Å²) in [7, 11) is 0. The molecule has 1 N–H and O–H groups in total. The lowest BCUT2D eigenvalue weighted by Crippen LogP contribution is -2.41. The monoisotopic (exact) mass is 344 g/mol. The molecule has 4 heteroatoms. The number of amides is 1. The third kappa shape index (κ3) is 5.46. The highest BCUT2D eigenvalue weighted by molar-refractivity contribution is 5.68. The van der Waals surface area contributed by atoms with Crippen LogP contribution >= 0.6 is 0 Å². The molecule has 1 heterocycles. The maximum absolute atomic E-state index is 12.0. The molecule has 0 aromatic heterocycles. The number of ether oxygens (including phenoxy) is 1. The summed E-state index contributed by atoms with van der Waals surface area (Å²) in [4.78, 5) is 14.5. The number of benzene rings is 1. The second-order valence-corrected chi connectivity index (χ2v) is 8.53. The van der Waals surface area contributed by atoms with E-state index in [2.05, 4.69) is 28.4 Å². The minimum atomic E-state index is -0.444. The molecule has 1 aromatic carbocycles. The predicted octanol–water partition coefficient (Wildman–Crippen LogP) is 4.05. The Morgan fingerprint density at radius 2 is 1.96 bits per heavy atom. The minimum Gasteiger partial charge on any atom is -0.444 e. The molecule has 1 saturated heterocycles. The van der Waals surface area contributed by atoms with Crippen molar-refractivity contribution in [2.75, 3.05) is 13.1 Å². The van der Waals surface area contributed by atoms with Crippen LogP contribution in [0, 0.1) is 0 Å². The Kier molecular flexibility index (Phi) is 5.67. The van der Waals surface area contributed by atoms with E-state index in [0.717, 1.165) is 25.8 Å². The van der Waals surface area contributed by atoms with Gasteiger partial charge in [-0.15, -0.1) is 0 Å². The van der Waals surface area contributed by atoms with Gasteiger partial charge in [0, 0.05) is 12.6 Å². The van der Waals surface area contributed by atoms with Gasteiger partial charge in [-0.05, 0) is 82.7 Å². The number of nitrogens with zero attached hydrogens (tertiary/aromatic N) is 1. The Bertz CT molecular complexity index is 600. The summed E-state index contributed by atoms with van der Waals surface area (Å²) in [5.41, 5.74) is 3.81. The number of hydrogen-bond donors (Lipinski definition) is 1. The second-order valence-electron chi connectivity index (χ2n) is 8.53. The van der Waals surface area contributed by atoms with Crippen LogP contribution in [-0.4, -0.2) is 35.7 Å². The molecule has 0 unspecified atom stereocenters. The summed E-state index contributed by atoms with van der Waals surface area (Å²) < 4.78 is 5.38. The lowest BCUT2D eigenvalue weighted by Gasteiger charge is -2.29. The molecule has 1 amide bonds. The lowest BCUT2D eigenvalue weighted by atomic mass is 9.87. The van der Waals surface area contributed by atoms with Crippen molar-refractivity contribution >= 4 is 6.09 Å². The van der Waals surface area contributed by atoms with Crippen molar-refractivity contribution in [3.63, 3.8) is 0 Å². The van der Waals surface area contributed by atoms with Crippen molar-refractivity contribution in [3.8, 4) is 0 Å². The number of hydrogen-bond acceptors (Lipinski definition) is 3. The number of fused-ring (bicyclic) bond motifs is 1. The minimum absolute atomic E-state index is 0.176. The zero-order valence-corrected chi connectivity index (χ0v) is 15.9. The van der Waals surface area contributed by atoms with E-state index >= 15 is 0 Å². The summed E-state index contributed by atoms with van der Waals surface area (Å²) in [6.45, 7) is 9.23.